The van der Waals surface area contributed by atoms with Gasteiger partial charge in [0, 0.05) is 0 Å². The third-order valence-corrected chi connectivity index (χ3v) is 3.29. The van der Waals surface area contributed by atoms with Gasteiger partial charge in [0.2, 0.25) is 0 Å². The molecule has 0 aliphatic carbocycles. The number of nitrogens with one attached hydrogen (secondary N) is 1. The van der Waals surface area contributed by atoms with Crippen LogP contribution in [0.2, 0.25) is 0 Å². The quantitative estimate of drug-likeness (QED) is 0.828. The Hall–Kier alpha value is -1.55. The number of hydrogen-bond donors (Lipinski definition) is 1. The fourth-order valence-electron chi connectivity index (χ4n) is 2.19. The van der Waals surface area contributed by atoms with Gasteiger partial charge in [0.1, 0.15) is 5.75 Å². The first kappa shape index (κ1) is 13.9. The number of piperidine rings is 1. The molecule has 0 spiro atoms. The van der Waals surface area contributed by atoms with E-state index in [1.54, 1.807) is 19.1 Å². The summed E-state index contributed by atoms with van der Waals surface area (Å²) in [5.74, 6) is 1.05. The van der Waals surface area contributed by atoms with Crippen LogP contribution >= 0.6 is 0 Å². The molecule has 1 saturated heterocycles. The van der Waals surface area contributed by atoms with Crippen molar-refractivity contribution in [3.8, 4) is 5.75 Å². The number of ether oxygens (including phenoxy) is 2. The SMILES string of the molecule is CCOC(=O)c1cccc(OCC2CCNCC2)c1. The van der Waals surface area contributed by atoms with E-state index >= 15 is 0 Å². The van der Waals surface area contributed by atoms with E-state index in [-0.39, 0.29) is 5.97 Å². The molecule has 0 unspecified atom stereocenters. The lowest BCUT2D eigenvalue weighted by Crippen LogP contribution is -2.30. The lowest BCUT2D eigenvalue weighted by atomic mass is 9.99. The summed E-state index contributed by atoms with van der Waals surface area (Å²) in [5.41, 5.74) is 0.546. The summed E-state index contributed by atoms with van der Waals surface area (Å²) in [6, 6.07) is 7.20. The lowest BCUT2D eigenvalue weighted by molar-refractivity contribution is 0.0525. The number of esters is 1. The van der Waals surface area contributed by atoms with Crippen LogP contribution in [0.5, 0.6) is 5.75 Å². The summed E-state index contributed by atoms with van der Waals surface area (Å²) in [6.07, 6.45) is 2.30. The maximum absolute atomic E-state index is 11.6. The molecule has 0 aromatic heterocycles. The molecular weight excluding hydrogens is 242 g/mol. The Morgan fingerprint density at radius 2 is 2.16 bits per heavy atom. The van der Waals surface area contributed by atoms with Crippen molar-refractivity contribution in [1.29, 1.82) is 0 Å². The molecule has 1 fully saturated rings. The van der Waals surface area contributed by atoms with Crippen molar-refractivity contribution in [1.82, 2.24) is 5.32 Å². The van der Waals surface area contributed by atoms with Crippen LogP contribution < -0.4 is 10.1 Å². The number of hydrogen-bond acceptors (Lipinski definition) is 4. The van der Waals surface area contributed by atoms with E-state index in [1.165, 1.54) is 0 Å². The van der Waals surface area contributed by atoms with Gasteiger partial charge in [-0.3, -0.25) is 0 Å². The third kappa shape index (κ3) is 4.24. The Morgan fingerprint density at radius 1 is 1.37 bits per heavy atom. The van der Waals surface area contributed by atoms with Gasteiger partial charge in [-0.2, -0.15) is 0 Å². The van der Waals surface area contributed by atoms with Crippen molar-refractivity contribution >= 4 is 5.97 Å². The zero-order chi connectivity index (χ0) is 13.5. The topological polar surface area (TPSA) is 47.6 Å². The van der Waals surface area contributed by atoms with Crippen molar-refractivity contribution in [3.05, 3.63) is 29.8 Å². The zero-order valence-corrected chi connectivity index (χ0v) is 11.4. The first-order valence-corrected chi connectivity index (χ1v) is 6.90. The summed E-state index contributed by atoms with van der Waals surface area (Å²) in [5, 5.41) is 3.33. The zero-order valence-electron chi connectivity index (χ0n) is 11.4. The molecule has 1 aliphatic rings. The maximum Gasteiger partial charge on any atom is 0.338 e. The Labute approximate surface area is 114 Å². The molecule has 0 saturated carbocycles. The highest BCUT2D eigenvalue weighted by Gasteiger charge is 2.14. The molecule has 4 nitrogen and oxygen atoms in total. The lowest BCUT2D eigenvalue weighted by Gasteiger charge is -2.22. The van der Waals surface area contributed by atoms with E-state index < -0.39 is 0 Å². The molecule has 2 rings (SSSR count). The standard InChI is InChI=1S/C15H21NO3/c1-2-18-15(17)13-4-3-5-14(10-13)19-11-12-6-8-16-9-7-12/h3-5,10,12,16H,2,6-9,11H2,1H3. The molecule has 0 atom stereocenters. The van der Waals surface area contributed by atoms with Crippen molar-refractivity contribution in [2.45, 2.75) is 19.8 Å². The van der Waals surface area contributed by atoms with Crippen LogP contribution in [0, 0.1) is 5.92 Å². The van der Waals surface area contributed by atoms with Gasteiger partial charge in [-0.25, -0.2) is 4.79 Å². The van der Waals surface area contributed by atoms with Crippen molar-refractivity contribution < 1.29 is 14.3 Å². The first-order chi connectivity index (χ1) is 9.29. The summed E-state index contributed by atoms with van der Waals surface area (Å²) >= 11 is 0. The van der Waals surface area contributed by atoms with Gasteiger partial charge < -0.3 is 14.8 Å². The van der Waals surface area contributed by atoms with Crippen LogP contribution in [0.1, 0.15) is 30.1 Å². The number of rotatable bonds is 5. The normalized spacial score (nSPS) is 16.1. The van der Waals surface area contributed by atoms with E-state index in [0.29, 0.717) is 24.7 Å². The van der Waals surface area contributed by atoms with Crippen molar-refractivity contribution in [2.75, 3.05) is 26.3 Å². The highest BCUT2D eigenvalue weighted by molar-refractivity contribution is 5.89. The number of carbonyl (C=O) groups excluding carboxylic acids is 1. The van der Waals surface area contributed by atoms with E-state index in [2.05, 4.69) is 5.32 Å². The summed E-state index contributed by atoms with van der Waals surface area (Å²) in [4.78, 5) is 11.6. The predicted molar refractivity (Wildman–Crippen MR) is 73.5 cm³/mol. The van der Waals surface area contributed by atoms with E-state index in [4.69, 9.17) is 9.47 Å². The molecule has 0 radical (unpaired) electrons. The molecule has 19 heavy (non-hydrogen) atoms. The third-order valence-electron chi connectivity index (χ3n) is 3.29. The van der Waals surface area contributed by atoms with E-state index in [0.717, 1.165) is 31.7 Å². The minimum absolute atomic E-state index is 0.296. The number of benzene rings is 1. The van der Waals surface area contributed by atoms with Crippen LogP contribution in [0.3, 0.4) is 0 Å². The van der Waals surface area contributed by atoms with Crippen LogP contribution in [0.25, 0.3) is 0 Å². The molecule has 1 heterocycles. The van der Waals surface area contributed by atoms with Crippen molar-refractivity contribution in [3.63, 3.8) is 0 Å². The molecule has 1 N–H and O–H groups in total. The molecule has 1 aromatic carbocycles. The highest BCUT2D eigenvalue weighted by atomic mass is 16.5. The second-order valence-electron chi connectivity index (χ2n) is 4.75. The van der Waals surface area contributed by atoms with Gasteiger partial charge in [0.15, 0.2) is 0 Å². The van der Waals surface area contributed by atoms with Gasteiger partial charge in [0.25, 0.3) is 0 Å². The summed E-state index contributed by atoms with van der Waals surface area (Å²) < 4.78 is 10.8. The maximum atomic E-state index is 11.6. The predicted octanol–water partition coefficient (Wildman–Crippen LogP) is 2.24. The molecule has 1 aromatic rings. The average Bonchev–Trinajstić information content (AvgIpc) is 2.47. The first-order valence-electron chi connectivity index (χ1n) is 6.90. The minimum Gasteiger partial charge on any atom is -0.493 e. The second-order valence-corrected chi connectivity index (χ2v) is 4.75. The fourth-order valence-corrected chi connectivity index (χ4v) is 2.19. The largest absolute Gasteiger partial charge is 0.493 e. The van der Waals surface area contributed by atoms with Gasteiger partial charge >= 0.3 is 5.97 Å². The minimum atomic E-state index is -0.296. The highest BCUT2D eigenvalue weighted by Crippen LogP contribution is 2.18. The van der Waals surface area contributed by atoms with Gasteiger partial charge in [-0.05, 0) is 57.0 Å². The summed E-state index contributed by atoms with van der Waals surface area (Å²) in [6.45, 7) is 5.04. The molecular formula is C15H21NO3. The fraction of sp³-hybridized carbons (Fsp3) is 0.533. The molecule has 1 aliphatic heterocycles. The van der Waals surface area contributed by atoms with Crippen LogP contribution in [-0.2, 0) is 4.74 Å². The Bertz CT molecular complexity index is 414. The van der Waals surface area contributed by atoms with Gasteiger partial charge in [0.05, 0.1) is 18.8 Å². The van der Waals surface area contributed by atoms with Gasteiger partial charge in [-0.15, -0.1) is 0 Å². The Balaban J connectivity index is 1.89. The molecule has 0 amide bonds. The summed E-state index contributed by atoms with van der Waals surface area (Å²) in [7, 11) is 0. The molecule has 4 heteroatoms. The van der Waals surface area contributed by atoms with Crippen LogP contribution in [0.4, 0.5) is 0 Å². The van der Waals surface area contributed by atoms with E-state index in [9.17, 15) is 4.79 Å². The monoisotopic (exact) mass is 263 g/mol. The van der Waals surface area contributed by atoms with E-state index in [1.807, 2.05) is 12.1 Å². The molecule has 104 valence electrons. The van der Waals surface area contributed by atoms with Crippen LogP contribution in [0.15, 0.2) is 24.3 Å². The second kappa shape index (κ2) is 7.14. The van der Waals surface area contributed by atoms with Crippen LogP contribution in [-0.4, -0.2) is 32.3 Å². The Morgan fingerprint density at radius 3 is 2.89 bits per heavy atom. The van der Waals surface area contributed by atoms with Gasteiger partial charge in [-0.1, -0.05) is 6.07 Å². The Kier molecular flexibility index (Phi) is 5.21. The average molecular weight is 263 g/mol. The molecule has 0 bridgehead atoms. The smallest absolute Gasteiger partial charge is 0.338 e. The van der Waals surface area contributed by atoms with Crippen molar-refractivity contribution in [2.24, 2.45) is 5.92 Å². The number of carbonyl (C=O) groups is 1.